The van der Waals surface area contributed by atoms with Crippen LogP contribution in [0.5, 0.6) is 0 Å². The summed E-state index contributed by atoms with van der Waals surface area (Å²) in [5.41, 5.74) is 2.47. The number of carboxylic acid groups (broad SMARTS) is 1. The van der Waals surface area contributed by atoms with Crippen LogP contribution < -0.4 is 0 Å². The summed E-state index contributed by atoms with van der Waals surface area (Å²) in [6.07, 6.45) is 0.987. The Kier molecular flexibility index (Phi) is 5.50. The van der Waals surface area contributed by atoms with E-state index >= 15 is 0 Å². The van der Waals surface area contributed by atoms with Crippen molar-refractivity contribution in [3.05, 3.63) is 71.8 Å². The van der Waals surface area contributed by atoms with Crippen molar-refractivity contribution >= 4 is 11.9 Å². The largest absolute Gasteiger partial charge is 0.481 e. The summed E-state index contributed by atoms with van der Waals surface area (Å²) < 4.78 is 5.81. The number of amides is 1. The zero-order valence-corrected chi connectivity index (χ0v) is 17.5. The number of carbonyl (C=O) groups is 2. The zero-order chi connectivity index (χ0) is 21.4. The molecular weight excluding hydrogens is 392 g/mol. The maximum atomic E-state index is 13.3. The normalized spacial score (nSPS) is 28.2. The van der Waals surface area contributed by atoms with Crippen LogP contribution in [-0.2, 0) is 14.3 Å². The first-order valence-electron chi connectivity index (χ1n) is 11.1. The molecule has 5 rings (SSSR count). The molecular formula is C25H28N2O4. The highest BCUT2D eigenvalue weighted by Crippen LogP contribution is 2.44. The topological polar surface area (TPSA) is 70.1 Å². The monoisotopic (exact) mass is 420 g/mol. The Hall–Kier alpha value is -2.70. The molecule has 2 aromatic rings. The molecule has 0 radical (unpaired) electrons. The van der Waals surface area contributed by atoms with E-state index in [4.69, 9.17) is 4.74 Å². The average Bonchev–Trinajstić information content (AvgIpc) is 3.43. The molecule has 3 heterocycles. The second kappa shape index (κ2) is 8.44. The lowest BCUT2D eigenvalue weighted by Crippen LogP contribution is -2.54. The molecule has 2 aromatic carbocycles. The van der Waals surface area contributed by atoms with Gasteiger partial charge in [0.2, 0.25) is 5.91 Å². The first-order valence-corrected chi connectivity index (χ1v) is 11.1. The van der Waals surface area contributed by atoms with Gasteiger partial charge >= 0.3 is 5.97 Å². The van der Waals surface area contributed by atoms with Gasteiger partial charge in [0.05, 0.1) is 30.1 Å². The number of piperazine rings is 1. The second-order valence-electron chi connectivity index (χ2n) is 8.77. The van der Waals surface area contributed by atoms with Crippen molar-refractivity contribution in [2.75, 3.05) is 26.2 Å². The van der Waals surface area contributed by atoms with Gasteiger partial charge in [0, 0.05) is 26.2 Å². The Labute approximate surface area is 182 Å². The molecule has 1 N–H and O–H groups in total. The van der Waals surface area contributed by atoms with Crippen molar-refractivity contribution in [3.63, 3.8) is 0 Å². The summed E-state index contributed by atoms with van der Waals surface area (Å²) in [7, 11) is 0. The number of benzene rings is 2. The summed E-state index contributed by atoms with van der Waals surface area (Å²) in [4.78, 5) is 29.3. The van der Waals surface area contributed by atoms with Crippen molar-refractivity contribution in [1.82, 2.24) is 9.80 Å². The van der Waals surface area contributed by atoms with E-state index in [1.54, 1.807) is 0 Å². The quantitative estimate of drug-likeness (QED) is 0.806. The number of fused-ring (bicyclic) bond motifs is 2. The molecule has 3 saturated heterocycles. The van der Waals surface area contributed by atoms with Crippen LogP contribution in [-0.4, -0.2) is 65.2 Å². The Bertz CT molecular complexity index is 888. The molecule has 31 heavy (non-hydrogen) atoms. The molecule has 6 nitrogen and oxygen atoms in total. The van der Waals surface area contributed by atoms with Gasteiger partial charge in [-0.05, 0) is 24.0 Å². The molecule has 162 valence electrons. The van der Waals surface area contributed by atoms with E-state index in [1.165, 1.54) is 11.1 Å². The molecule has 0 saturated carbocycles. The molecule has 2 bridgehead atoms. The molecule has 4 atom stereocenters. The number of carboxylic acids is 1. The first-order chi connectivity index (χ1) is 15.1. The van der Waals surface area contributed by atoms with Crippen LogP contribution >= 0.6 is 0 Å². The predicted molar refractivity (Wildman–Crippen MR) is 115 cm³/mol. The Morgan fingerprint density at radius 1 is 0.806 bits per heavy atom. The van der Waals surface area contributed by atoms with Crippen LogP contribution in [0.2, 0.25) is 0 Å². The third-order valence-corrected chi connectivity index (χ3v) is 7.07. The van der Waals surface area contributed by atoms with E-state index in [1.807, 2.05) is 17.0 Å². The maximum absolute atomic E-state index is 13.3. The zero-order valence-electron chi connectivity index (χ0n) is 17.5. The Morgan fingerprint density at radius 2 is 1.32 bits per heavy atom. The Morgan fingerprint density at radius 3 is 1.84 bits per heavy atom. The number of hydrogen-bond acceptors (Lipinski definition) is 4. The summed E-state index contributed by atoms with van der Waals surface area (Å²) in [5.74, 6) is -2.19. The first kappa shape index (κ1) is 20.2. The third kappa shape index (κ3) is 3.75. The lowest BCUT2D eigenvalue weighted by atomic mass is 9.78. The summed E-state index contributed by atoms with van der Waals surface area (Å²) in [6.45, 7) is 2.71. The highest BCUT2D eigenvalue weighted by molar-refractivity contribution is 5.86. The van der Waals surface area contributed by atoms with Gasteiger partial charge in [0.15, 0.2) is 0 Å². The highest BCUT2D eigenvalue weighted by atomic mass is 16.5. The van der Waals surface area contributed by atoms with Crippen LogP contribution in [0.3, 0.4) is 0 Å². The van der Waals surface area contributed by atoms with Gasteiger partial charge in [-0.3, -0.25) is 14.5 Å². The van der Waals surface area contributed by atoms with E-state index in [0.29, 0.717) is 13.1 Å². The van der Waals surface area contributed by atoms with Crippen molar-refractivity contribution in [3.8, 4) is 0 Å². The van der Waals surface area contributed by atoms with E-state index < -0.39 is 17.8 Å². The number of rotatable bonds is 5. The molecule has 3 fully saturated rings. The van der Waals surface area contributed by atoms with Gasteiger partial charge in [-0.25, -0.2) is 0 Å². The maximum Gasteiger partial charge on any atom is 0.310 e. The fraction of sp³-hybridized carbons (Fsp3) is 0.440. The minimum atomic E-state index is -0.905. The van der Waals surface area contributed by atoms with Crippen LogP contribution in [0, 0.1) is 11.8 Å². The number of ether oxygens (including phenoxy) is 1. The van der Waals surface area contributed by atoms with Crippen LogP contribution in [0.4, 0.5) is 0 Å². The fourth-order valence-corrected chi connectivity index (χ4v) is 5.60. The smallest absolute Gasteiger partial charge is 0.310 e. The SMILES string of the molecule is O=C(O)[C@H]1[C@H](C(=O)N2CCN(C(c3ccccc3)c3ccccc3)CC2)[C@H]2CC[C@H]1O2. The molecule has 0 aromatic heterocycles. The second-order valence-corrected chi connectivity index (χ2v) is 8.77. The van der Waals surface area contributed by atoms with Crippen molar-refractivity contribution < 1.29 is 19.4 Å². The van der Waals surface area contributed by atoms with Crippen molar-refractivity contribution in [2.24, 2.45) is 11.8 Å². The van der Waals surface area contributed by atoms with Gasteiger partial charge in [-0.2, -0.15) is 0 Å². The number of hydrogen-bond donors (Lipinski definition) is 1. The van der Waals surface area contributed by atoms with Gasteiger partial charge < -0.3 is 14.7 Å². The molecule has 0 aliphatic carbocycles. The van der Waals surface area contributed by atoms with Crippen molar-refractivity contribution in [1.29, 1.82) is 0 Å². The fourth-order valence-electron chi connectivity index (χ4n) is 5.60. The molecule has 1 amide bonds. The molecule has 0 unspecified atom stereocenters. The molecule has 0 spiro atoms. The predicted octanol–water partition coefficient (Wildman–Crippen LogP) is 2.80. The number of aliphatic carboxylic acids is 1. The van der Waals surface area contributed by atoms with Gasteiger partial charge in [-0.1, -0.05) is 60.7 Å². The number of nitrogens with zero attached hydrogens (tertiary/aromatic N) is 2. The summed E-state index contributed by atoms with van der Waals surface area (Å²) in [5, 5.41) is 9.66. The third-order valence-electron chi connectivity index (χ3n) is 7.07. The van der Waals surface area contributed by atoms with E-state index in [2.05, 4.69) is 53.4 Å². The Balaban J connectivity index is 1.31. The lowest BCUT2D eigenvalue weighted by Gasteiger charge is -2.41. The standard InChI is InChI=1S/C25H28N2O4/c28-24(21-19-11-12-20(31-19)22(21)25(29)30)27-15-13-26(14-16-27)23(17-7-3-1-4-8-17)18-9-5-2-6-10-18/h1-10,19-23H,11-16H2,(H,29,30)/t19-,20-,21-,22-/m1/s1. The van der Waals surface area contributed by atoms with Crippen LogP contribution in [0.25, 0.3) is 0 Å². The summed E-state index contributed by atoms with van der Waals surface area (Å²) in [6, 6.07) is 21.0. The van der Waals surface area contributed by atoms with E-state index in [0.717, 1.165) is 25.9 Å². The van der Waals surface area contributed by atoms with Gasteiger partial charge in [-0.15, -0.1) is 0 Å². The van der Waals surface area contributed by atoms with E-state index in [-0.39, 0.29) is 24.2 Å². The van der Waals surface area contributed by atoms with Crippen LogP contribution in [0.15, 0.2) is 60.7 Å². The minimum absolute atomic E-state index is 0.0461. The van der Waals surface area contributed by atoms with Crippen molar-refractivity contribution in [2.45, 2.75) is 31.1 Å². The van der Waals surface area contributed by atoms with Gasteiger partial charge in [0.25, 0.3) is 0 Å². The molecule has 3 aliphatic rings. The lowest BCUT2D eigenvalue weighted by molar-refractivity contribution is -0.151. The summed E-state index contributed by atoms with van der Waals surface area (Å²) >= 11 is 0. The average molecular weight is 421 g/mol. The molecule has 6 heteroatoms. The van der Waals surface area contributed by atoms with Gasteiger partial charge in [0.1, 0.15) is 0 Å². The van der Waals surface area contributed by atoms with Crippen LogP contribution in [0.1, 0.15) is 30.0 Å². The molecule has 3 aliphatic heterocycles. The van der Waals surface area contributed by atoms with E-state index in [9.17, 15) is 14.7 Å². The minimum Gasteiger partial charge on any atom is -0.481 e. The number of carbonyl (C=O) groups excluding carboxylic acids is 1. The highest BCUT2D eigenvalue weighted by Gasteiger charge is 2.56.